The van der Waals surface area contributed by atoms with Crippen LogP contribution in [0.2, 0.25) is 0 Å². The summed E-state index contributed by atoms with van der Waals surface area (Å²) in [6.45, 7) is 0.765. The molecule has 2 aromatic rings. The van der Waals surface area contributed by atoms with Gasteiger partial charge in [0.25, 0.3) is 0 Å². The van der Waals surface area contributed by atoms with Gasteiger partial charge in [-0.05, 0) is 25.7 Å². The van der Waals surface area contributed by atoms with Crippen LogP contribution >= 0.6 is 0 Å². The molecule has 0 spiro atoms. The van der Waals surface area contributed by atoms with E-state index >= 15 is 0 Å². The molecule has 9 N–H and O–H groups in total. The quantitative estimate of drug-likeness (QED) is 0.477. The molecule has 11 nitrogen and oxygen atoms in total. The van der Waals surface area contributed by atoms with Gasteiger partial charge in [-0.2, -0.15) is 0 Å². The van der Waals surface area contributed by atoms with Gasteiger partial charge in [-0.1, -0.05) is 10.3 Å². The van der Waals surface area contributed by atoms with E-state index in [2.05, 4.69) is 15.6 Å². The lowest BCUT2D eigenvalue weighted by Gasteiger charge is -1.98. The third-order valence-corrected chi connectivity index (χ3v) is 2.98. The summed E-state index contributed by atoms with van der Waals surface area (Å²) in [6.07, 6.45) is 0.309. The Labute approximate surface area is 143 Å². The normalized spacial score (nSPS) is 9.92. The van der Waals surface area contributed by atoms with E-state index in [0.29, 0.717) is 36.0 Å². The van der Waals surface area contributed by atoms with Crippen LogP contribution in [0.3, 0.4) is 0 Å². The van der Waals surface area contributed by atoms with Crippen LogP contribution in [0.4, 0.5) is 0 Å². The second-order valence-corrected chi connectivity index (χ2v) is 4.92. The molecule has 0 radical (unpaired) electrons. The number of carbonyl (C=O) groups excluding carboxylic acids is 2. The number of nitrogens with one attached hydrogen (secondary N) is 1. The van der Waals surface area contributed by atoms with Crippen molar-refractivity contribution >= 4 is 11.9 Å². The van der Waals surface area contributed by atoms with Gasteiger partial charge in [-0.3, -0.25) is 0 Å². The van der Waals surface area contributed by atoms with Crippen molar-refractivity contribution < 1.29 is 28.8 Å². The average Bonchev–Trinajstić information content (AvgIpc) is 3.12. The monoisotopic (exact) mass is 357 g/mol. The topological polar surface area (TPSA) is 217 Å². The molecule has 2 aromatic heterocycles. The van der Waals surface area contributed by atoms with Gasteiger partial charge in [-0.15, -0.1) is 0 Å². The van der Waals surface area contributed by atoms with Crippen LogP contribution in [-0.2, 0) is 35.5 Å². The first-order valence-electron chi connectivity index (χ1n) is 7.02. The number of aryl methyl sites for hydroxylation is 2. The van der Waals surface area contributed by atoms with Crippen molar-refractivity contribution in [3.8, 4) is 0 Å². The molecule has 0 saturated heterocycles. The van der Waals surface area contributed by atoms with Crippen molar-refractivity contribution in [2.45, 2.75) is 38.8 Å². The maximum atomic E-state index is 10.4. The summed E-state index contributed by atoms with van der Waals surface area (Å²) in [4.78, 5) is 20.7. The first-order chi connectivity index (χ1) is 11.0. The molecule has 0 aromatic carbocycles. The molecule has 0 amide bonds. The zero-order valence-electron chi connectivity index (χ0n) is 14.2. The number of aliphatic carboxylic acids is 2. The Balaban J connectivity index is 0.00000288. The van der Waals surface area contributed by atoms with Crippen LogP contribution in [0.25, 0.3) is 0 Å². The fourth-order valence-corrected chi connectivity index (χ4v) is 1.88. The lowest BCUT2D eigenvalue weighted by molar-refractivity contribution is -0.307. The second kappa shape index (κ2) is 10.9. The van der Waals surface area contributed by atoms with Crippen molar-refractivity contribution in [2.75, 3.05) is 0 Å². The summed E-state index contributed by atoms with van der Waals surface area (Å²) in [5.41, 5.74) is 1.10. The lowest BCUT2D eigenvalue weighted by atomic mass is 10.2. The van der Waals surface area contributed by atoms with Gasteiger partial charge in [0.05, 0.1) is 24.5 Å². The second-order valence-electron chi connectivity index (χ2n) is 4.92. The standard InChI is InChI=1S/C14H17N3O6.2H3N/c18-13(19)3-1-9-5-11(22-16-9)7-15-8-12-6-10(17-23-12)2-4-14(20)21;;/h5-6,15H,1-4,7-8H2,(H,18,19)(H,20,21);2*1H3. The van der Waals surface area contributed by atoms with Gasteiger partial charge >= 0.3 is 0 Å². The van der Waals surface area contributed by atoms with Crippen molar-refractivity contribution in [3.63, 3.8) is 0 Å². The van der Waals surface area contributed by atoms with E-state index < -0.39 is 11.9 Å². The smallest absolute Gasteiger partial charge is 0.150 e. The highest BCUT2D eigenvalue weighted by atomic mass is 16.5. The zero-order valence-corrected chi connectivity index (χ0v) is 14.2. The highest BCUT2D eigenvalue weighted by Gasteiger charge is 2.07. The number of carboxylic acids is 2. The van der Waals surface area contributed by atoms with Gasteiger partial charge in [0.15, 0.2) is 11.5 Å². The first-order valence-corrected chi connectivity index (χ1v) is 7.02. The summed E-state index contributed by atoms with van der Waals surface area (Å²) >= 11 is 0. The average molecular weight is 357 g/mol. The Hall–Kier alpha value is -2.76. The van der Waals surface area contributed by atoms with E-state index in [4.69, 9.17) is 9.05 Å². The molecular formula is C14H23N5O6. The molecule has 0 saturated carbocycles. The molecule has 11 heteroatoms. The third kappa shape index (κ3) is 8.06. The van der Waals surface area contributed by atoms with Crippen LogP contribution in [0.15, 0.2) is 21.2 Å². The van der Waals surface area contributed by atoms with Crippen LogP contribution in [0, 0.1) is 0 Å². The third-order valence-electron chi connectivity index (χ3n) is 2.98. The number of quaternary nitrogens is 2. The number of hydrogen-bond donors (Lipinski definition) is 3. The number of carbonyl (C=O) groups is 2. The maximum Gasteiger partial charge on any atom is 0.150 e. The summed E-state index contributed by atoms with van der Waals surface area (Å²) in [6, 6.07) is 3.34. The van der Waals surface area contributed by atoms with E-state index in [1.807, 2.05) is 0 Å². The highest BCUT2D eigenvalue weighted by molar-refractivity contribution is 5.64. The Bertz CT molecular complexity index is 612. The summed E-state index contributed by atoms with van der Waals surface area (Å²) < 4.78 is 10.1. The van der Waals surface area contributed by atoms with Crippen LogP contribution in [-0.4, -0.2) is 22.3 Å². The van der Waals surface area contributed by atoms with Crippen molar-refractivity contribution in [3.05, 3.63) is 35.0 Å². The molecule has 2 rings (SSSR count). The molecule has 0 fully saturated rings. The van der Waals surface area contributed by atoms with Crippen molar-refractivity contribution in [1.82, 2.24) is 27.9 Å². The minimum Gasteiger partial charge on any atom is -0.550 e. The number of carboxylic acid groups (broad SMARTS) is 2. The minimum atomic E-state index is -1.13. The summed E-state index contributed by atoms with van der Waals surface area (Å²) in [5.74, 6) is -1.13. The molecule has 2 heterocycles. The minimum absolute atomic E-state index is 0. The predicted octanol–water partition coefficient (Wildman–Crippen LogP) is -0.930. The van der Waals surface area contributed by atoms with Crippen molar-refractivity contribution in [1.29, 1.82) is 0 Å². The molecule has 0 aliphatic carbocycles. The molecule has 25 heavy (non-hydrogen) atoms. The number of nitrogens with zero attached hydrogens (tertiary/aromatic N) is 2. The van der Waals surface area contributed by atoms with E-state index in [0.717, 1.165) is 0 Å². The summed E-state index contributed by atoms with van der Waals surface area (Å²) in [7, 11) is 0. The maximum absolute atomic E-state index is 10.4. The lowest BCUT2D eigenvalue weighted by Crippen LogP contribution is -2.22. The van der Waals surface area contributed by atoms with E-state index in [1.54, 1.807) is 12.1 Å². The Morgan fingerprint density at radius 2 is 1.28 bits per heavy atom. The molecule has 0 bridgehead atoms. The molecule has 0 unspecified atom stereocenters. The largest absolute Gasteiger partial charge is 0.550 e. The van der Waals surface area contributed by atoms with E-state index in [9.17, 15) is 19.8 Å². The predicted molar refractivity (Wildman–Crippen MR) is 82.2 cm³/mol. The molecule has 0 aliphatic heterocycles. The number of rotatable bonds is 10. The zero-order chi connectivity index (χ0) is 16.7. The van der Waals surface area contributed by atoms with E-state index in [-0.39, 0.29) is 38.0 Å². The van der Waals surface area contributed by atoms with Crippen LogP contribution in [0.1, 0.15) is 35.7 Å². The Kier molecular flexibility index (Phi) is 9.71. The van der Waals surface area contributed by atoms with Gasteiger partial charge in [0.1, 0.15) is 0 Å². The molecule has 0 aliphatic rings. The SMILES string of the molecule is O=C([O-])CCc1cc(CNCc2cc(CCC(=O)[O-])no2)on1.[NH4+].[NH4+]. The van der Waals surface area contributed by atoms with Gasteiger partial charge in [-0.25, -0.2) is 0 Å². The van der Waals surface area contributed by atoms with E-state index in [1.165, 1.54) is 0 Å². The van der Waals surface area contributed by atoms with Gasteiger partial charge in [0.2, 0.25) is 0 Å². The van der Waals surface area contributed by atoms with Crippen LogP contribution in [0.5, 0.6) is 0 Å². The fraction of sp³-hybridized carbons (Fsp3) is 0.429. The summed E-state index contributed by atoms with van der Waals surface area (Å²) in [5, 5.41) is 31.3. The van der Waals surface area contributed by atoms with Gasteiger partial charge in [0, 0.05) is 24.1 Å². The van der Waals surface area contributed by atoms with Crippen LogP contribution < -0.4 is 27.8 Å². The fourth-order valence-electron chi connectivity index (χ4n) is 1.88. The first kappa shape index (κ1) is 22.2. The highest BCUT2D eigenvalue weighted by Crippen LogP contribution is 2.08. The Morgan fingerprint density at radius 1 is 0.880 bits per heavy atom. The van der Waals surface area contributed by atoms with Gasteiger partial charge < -0.3 is 46.5 Å². The van der Waals surface area contributed by atoms with Crippen molar-refractivity contribution in [2.24, 2.45) is 0 Å². The number of aromatic nitrogens is 2. The molecular weight excluding hydrogens is 334 g/mol. The molecule has 0 atom stereocenters. The number of hydrogen-bond acceptors (Lipinski definition) is 9. The molecule has 140 valence electrons. The Morgan fingerprint density at radius 3 is 1.64 bits per heavy atom.